The van der Waals surface area contributed by atoms with Gasteiger partial charge in [0.25, 0.3) is 5.69 Å². The molecule has 2 aromatic rings. The molecular formula is C18H27ClN4O6S2. The SMILES string of the molecule is CCCNS(=O)(=O)c1ccccc1N.CCCNS(=O)(=O)c1ccccc1[N+](=O)[O-].Cl. The molecular weight excluding hydrogens is 468 g/mol. The van der Waals surface area contributed by atoms with E-state index in [1.807, 2.05) is 13.8 Å². The van der Waals surface area contributed by atoms with E-state index in [1.54, 1.807) is 18.2 Å². The van der Waals surface area contributed by atoms with Gasteiger partial charge in [0.1, 0.15) is 4.90 Å². The lowest BCUT2D eigenvalue weighted by atomic mass is 10.3. The molecule has 0 saturated carbocycles. The number of nitrogen functional groups attached to an aromatic ring is 1. The van der Waals surface area contributed by atoms with Gasteiger partial charge in [0, 0.05) is 19.2 Å². The van der Waals surface area contributed by atoms with Crippen LogP contribution in [-0.4, -0.2) is 34.8 Å². The van der Waals surface area contributed by atoms with Crippen LogP contribution < -0.4 is 15.2 Å². The van der Waals surface area contributed by atoms with E-state index >= 15 is 0 Å². The molecule has 0 saturated heterocycles. The summed E-state index contributed by atoms with van der Waals surface area (Å²) in [5, 5.41) is 10.7. The summed E-state index contributed by atoms with van der Waals surface area (Å²) in [4.78, 5) is 9.80. The van der Waals surface area contributed by atoms with Crippen LogP contribution in [-0.2, 0) is 20.0 Å². The Hall–Kier alpha value is -2.25. The minimum atomic E-state index is -3.79. The second kappa shape index (κ2) is 13.2. The Morgan fingerprint density at radius 2 is 1.26 bits per heavy atom. The van der Waals surface area contributed by atoms with E-state index < -0.39 is 30.7 Å². The summed E-state index contributed by atoms with van der Waals surface area (Å²) in [6, 6.07) is 11.7. The van der Waals surface area contributed by atoms with Crippen molar-refractivity contribution in [3.63, 3.8) is 0 Å². The van der Waals surface area contributed by atoms with Crippen molar-refractivity contribution in [3.05, 3.63) is 58.6 Å². The van der Waals surface area contributed by atoms with Crippen molar-refractivity contribution in [1.29, 1.82) is 0 Å². The van der Waals surface area contributed by atoms with Gasteiger partial charge in [-0.1, -0.05) is 38.1 Å². The highest BCUT2D eigenvalue weighted by atomic mass is 35.5. The highest BCUT2D eigenvalue weighted by molar-refractivity contribution is 7.90. The third-order valence-corrected chi connectivity index (χ3v) is 6.69. The Morgan fingerprint density at radius 3 is 1.71 bits per heavy atom. The smallest absolute Gasteiger partial charge is 0.289 e. The molecule has 13 heteroatoms. The highest BCUT2D eigenvalue weighted by Gasteiger charge is 2.24. The average Bonchev–Trinajstić information content (AvgIpc) is 2.71. The third kappa shape index (κ3) is 8.79. The topological polar surface area (TPSA) is 162 Å². The van der Waals surface area contributed by atoms with E-state index in [9.17, 15) is 26.9 Å². The summed E-state index contributed by atoms with van der Waals surface area (Å²) in [5.41, 5.74) is 5.42. The van der Waals surface area contributed by atoms with Crippen molar-refractivity contribution < 1.29 is 21.8 Å². The first-order valence-electron chi connectivity index (χ1n) is 9.14. The quantitative estimate of drug-likeness (QED) is 0.274. The number of nitrogens with zero attached hydrogens (tertiary/aromatic N) is 1. The van der Waals surface area contributed by atoms with E-state index in [0.29, 0.717) is 13.0 Å². The van der Waals surface area contributed by atoms with Gasteiger partial charge in [0.2, 0.25) is 20.0 Å². The number of nitrogens with two attached hydrogens (primary N) is 1. The molecule has 2 rings (SSSR count). The summed E-state index contributed by atoms with van der Waals surface area (Å²) in [6.45, 7) is 4.39. The summed E-state index contributed by atoms with van der Waals surface area (Å²) in [5.74, 6) is 0. The first kappa shape index (κ1) is 28.8. The number of anilines is 1. The molecule has 0 aromatic heterocycles. The molecule has 0 fully saturated rings. The molecule has 0 aliphatic rings. The first-order valence-corrected chi connectivity index (χ1v) is 12.1. The lowest BCUT2D eigenvalue weighted by molar-refractivity contribution is -0.387. The number of sulfonamides is 2. The normalized spacial score (nSPS) is 11.0. The number of nitro benzene ring substituents is 1. The van der Waals surface area contributed by atoms with Gasteiger partial charge in [-0.3, -0.25) is 10.1 Å². The zero-order chi connectivity index (χ0) is 22.8. The highest BCUT2D eigenvalue weighted by Crippen LogP contribution is 2.22. The van der Waals surface area contributed by atoms with Crippen LogP contribution in [0.2, 0.25) is 0 Å². The molecule has 0 aliphatic heterocycles. The van der Waals surface area contributed by atoms with Crippen molar-refractivity contribution in [2.24, 2.45) is 0 Å². The third-order valence-electron chi connectivity index (χ3n) is 3.64. The summed E-state index contributed by atoms with van der Waals surface area (Å²) >= 11 is 0. The number of hydrogen-bond acceptors (Lipinski definition) is 7. The van der Waals surface area contributed by atoms with E-state index in [2.05, 4.69) is 9.44 Å². The van der Waals surface area contributed by atoms with Crippen molar-refractivity contribution in [2.45, 2.75) is 36.5 Å². The van der Waals surface area contributed by atoms with Crippen molar-refractivity contribution in [3.8, 4) is 0 Å². The maximum atomic E-state index is 11.7. The number of halogens is 1. The molecule has 0 amide bonds. The number of nitro groups is 1. The van der Waals surface area contributed by atoms with Crippen molar-refractivity contribution in [2.75, 3.05) is 18.8 Å². The average molecular weight is 495 g/mol. The van der Waals surface area contributed by atoms with Crippen LogP contribution in [0.5, 0.6) is 0 Å². The predicted octanol–water partition coefficient (Wildman–Crippen LogP) is 2.66. The van der Waals surface area contributed by atoms with Gasteiger partial charge in [0.05, 0.1) is 10.6 Å². The van der Waals surface area contributed by atoms with E-state index in [0.717, 1.165) is 6.42 Å². The van der Waals surface area contributed by atoms with Crippen LogP contribution in [0.15, 0.2) is 58.3 Å². The lowest BCUT2D eigenvalue weighted by Crippen LogP contribution is -2.25. The molecule has 0 unspecified atom stereocenters. The number of para-hydroxylation sites is 2. The van der Waals surface area contributed by atoms with Crippen molar-refractivity contribution in [1.82, 2.24) is 9.44 Å². The fourth-order valence-electron chi connectivity index (χ4n) is 2.19. The first-order chi connectivity index (χ1) is 14.1. The van der Waals surface area contributed by atoms with Gasteiger partial charge in [-0.15, -0.1) is 12.4 Å². The second-order valence-electron chi connectivity index (χ2n) is 6.06. The molecule has 0 atom stereocenters. The minimum absolute atomic E-state index is 0. The van der Waals surface area contributed by atoms with Crippen LogP contribution in [0.1, 0.15) is 26.7 Å². The van der Waals surface area contributed by atoms with E-state index in [-0.39, 0.29) is 34.4 Å². The maximum Gasteiger partial charge on any atom is 0.289 e. The molecule has 10 nitrogen and oxygen atoms in total. The van der Waals surface area contributed by atoms with Crippen molar-refractivity contribution >= 4 is 43.8 Å². The van der Waals surface area contributed by atoms with E-state index in [4.69, 9.17) is 5.73 Å². The lowest BCUT2D eigenvalue weighted by Gasteiger charge is -2.07. The molecule has 0 heterocycles. The Labute approximate surface area is 188 Å². The predicted molar refractivity (Wildman–Crippen MR) is 122 cm³/mol. The van der Waals surface area contributed by atoms with Crippen LogP contribution in [0.25, 0.3) is 0 Å². The molecule has 0 aliphatic carbocycles. The standard InChI is InChI=1S/C9H12N2O4S.C9H14N2O2S.ClH/c1-2-7-10-16(14,15)9-6-4-3-5-8(9)11(12)13;1-2-7-11-14(12,13)9-6-4-3-5-8(9)10;/h3-6,10H,2,7H2,1H3;3-6,11H,2,7,10H2,1H3;1H. The molecule has 2 aromatic carbocycles. The molecule has 0 radical (unpaired) electrons. The summed E-state index contributed by atoms with van der Waals surface area (Å²) in [6.07, 6.45) is 1.38. The molecule has 174 valence electrons. The molecule has 4 N–H and O–H groups in total. The van der Waals surface area contributed by atoms with E-state index in [1.165, 1.54) is 30.3 Å². The second-order valence-corrected chi connectivity index (χ2v) is 9.53. The number of rotatable bonds is 9. The molecule has 0 bridgehead atoms. The molecule has 31 heavy (non-hydrogen) atoms. The van der Waals surface area contributed by atoms with Gasteiger partial charge in [-0.25, -0.2) is 26.3 Å². The van der Waals surface area contributed by atoms with Crippen LogP contribution in [0.4, 0.5) is 11.4 Å². The van der Waals surface area contributed by atoms with Gasteiger partial charge < -0.3 is 5.73 Å². The number of hydrogen-bond donors (Lipinski definition) is 3. The summed E-state index contributed by atoms with van der Waals surface area (Å²) < 4.78 is 51.4. The Morgan fingerprint density at radius 1 is 0.839 bits per heavy atom. The largest absolute Gasteiger partial charge is 0.398 e. The van der Waals surface area contributed by atoms with Gasteiger partial charge in [0.15, 0.2) is 4.90 Å². The van der Waals surface area contributed by atoms with Gasteiger partial charge in [-0.2, -0.15) is 0 Å². The molecule has 0 spiro atoms. The van der Waals surface area contributed by atoms with Crippen LogP contribution >= 0.6 is 12.4 Å². The summed E-state index contributed by atoms with van der Waals surface area (Å²) in [7, 11) is -7.22. The van der Waals surface area contributed by atoms with Gasteiger partial charge in [-0.05, 0) is 31.0 Å². The number of nitrogens with one attached hydrogen (secondary N) is 2. The zero-order valence-corrected chi connectivity index (χ0v) is 19.6. The fraction of sp³-hybridized carbons (Fsp3) is 0.333. The van der Waals surface area contributed by atoms with Gasteiger partial charge >= 0.3 is 0 Å². The Balaban J connectivity index is 0.000000567. The Bertz CT molecular complexity index is 1060. The fourth-order valence-corrected chi connectivity index (χ4v) is 4.76. The Kier molecular flexibility index (Phi) is 12.3. The number of benzene rings is 2. The van der Waals surface area contributed by atoms with Crippen LogP contribution in [0, 0.1) is 10.1 Å². The minimum Gasteiger partial charge on any atom is -0.398 e. The monoisotopic (exact) mass is 494 g/mol. The van der Waals surface area contributed by atoms with Crippen LogP contribution in [0.3, 0.4) is 0 Å². The zero-order valence-electron chi connectivity index (χ0n) is 17.1. The maximum absolute atomic E-state index is 11.7.